The number of terminal acetylenes is 1. The smallest absolute Gasteiger partial charge is 0.222 e. The van der Waals surface area contributed by atoms with Gasteiger partial charge in [0.15, 0.2) is 0 Å². The summed E-state index contributed by atoms with van der Waals surface area (Å²) in [4.78, 5) is 14.6. The molecule has 60 valence electrons. The minimum absolute atomic E-state index is 0.156. The van der Waals surface area contributed by atoms with Gasteiger partial charge in [-0.15, -0.1) is 6.42 Å². The molecule has 3 nitrogen and oxygen atoms in total. The molecule has 0 radical (unpaired) electrons. The fourth-order valence-corrected chi connectivity index (χ4v) is 0.765. The molecule has 3 heteroatoms. The maximum Gasteiger partial charge on any atom is 0.222 e. The zero-order valence-electron chi connectivity index (χ0n) is 6.66. The molecule has 0 spiro atoms. The van der Waals surface area contributed by atoms with E-state index in [1.54, 1.807) is 18.2 Å². The number of hydrogen-bond donors (Lipinski definition) is 1. The van der Waals surface area contributed by atoms with Crippen LogP contribution in [0, 0.1) is 12.3 Å². The van der Waals surface area contributed by atoms with Crippen LogP contribution in [0.2, 0.25) is 0 Å². The van der Waals surface area contributed by atoms with Gasteiger partial charge in [0, 0.05) is 6.92 Å². The molecule has 12 heavy (non-hydrogen) atoms. The van der Waals surface area contributed by atoms with E-state index in [0.717, 1.165) is 0 Å². The lowest BCUT2D eigenvalue weighted by molar-refractivity contribution is -0.114. The summed E-state index contributed by atoms with van der Waals surface area (Å²) in [6, 6.07) is 5.13. The van der Waals surface area contributed by atoms with Crippen LogP contribution in [0.5, 0.6) is 0 Å². The van der Waals surface area contributed by atoms with E-state index in [4.69, 9.17) is 6.42 Å². The Balaban J connectivity index is 2.88. The lowest BCUT2D eigenvalue weighted by Gasteiger charge is -1.99. The van der Waals surface area contributed by atoms with E-state index in [1.165, 1.54) is 6.92 Å². The molecule has 0 fully saturated rings. The summed E-state index contributed by atoms with van der Waals surface area (Å²) in [7, 11) is 0. The van der Waals surface area contributed by atoms with Crippen LogP contribution in [0.15, 0.2) is 18.2 Å². The van der Waals surface area contributed by atoms with Crippen LogP contribution in [0.25, 0.3) is 0 Å². The molecule has 0 aliphatic heterocycles. The van der Waals surface area contributed by atoms with E-state index in [0.29, 0.717) is 11.5 Å². The van der Waals surface area contributed by atoms with Crippen molar-refractivity contribution in [1.82, 2.24) is 4.98 Å². The minimum atomic E-state index is -0.156. The number of amides is 1. The Morgan fingerprint density at radius 2 is 2.42 bits per heavy atom. The van der Waals surface area contributed by atoms with Crippen molar-refractivity contribution in [3.63, 3.8) is 0 Å². The highest BCUT2D eigenvalue weighted by molar-refractivity contribution is 5.87. The normalized spacial score (nSPS) is 8.67. The van der Waals surface area contributed by atoms with Crippen molar-refractivity contribution in [2.75, 3.05) is 5.32 Å². The van der Waals surface area contributed by atoms with Gasteiger partial charge < -0.3 is 5.32 Å². The second-order valence-electron chi connectivity index (χ2n) is 2.23. The van der Waals surface area contributed by atoms with Crippen molar-refractivity contribution in [2.45, 2.75) is 6.92 Å². The molecule has 0 saturated heterocycles. The van der Waals surface area contributed by atoms with E-state index in [2.05, 4.69) is 16.2 Å². The van der Waals surface area contributed by atoms with Gasteiger partial charge in [-0.1, -0.05) is 12.0 Å². The zero-order chi connectivity index (χ0) is 8.97. The molecule has 0 aliphatic carbocycles. The molecule has 0 atom stereocenters. The Labute approximate surface area is 70.8 Å². The summed E-state index contributed by atoms with van der Waals surface area (Å²) in [6.07, 6.45) is 5.12. The van der Waals surface area contributed by atoms with Crippen LogP contribution in [-0.4, -0.2) is 10.9 Å². The lowest BCUT2D eigenvalue weighted by Crippen LogP contribution is -2.07. The summed E-state index contributed by atoms with van der Waals surface area (Å²) >= 11 is 0. The maximum atomic E-state index is 10.6. The Morgan fingerprint density at radius 1 is 1.67 bits per heavy atom. The molecule has 1 aromatic rings. The van der Waals surface area contributed by atoms with Gasteiger partial charge in [0.1, 0.15) is 11.5 Å². The summed E-state index contributed by atoms with van der Waals surface area (Å²) in [6.45, 7) is 1.42. The van der Waals surface area contributed by atoms with Gasteiger partial charge in [-0.2, -0.15) is 0 Å². The van der Waals surface area contributed by atoms with Crippen molar-refractivity contribution >= 4 is 11.7 Å². The monoisotopic (exact) mass is 160 g/mol. The third-order valence-corrected chi connectivity index (χ3v) is 1.20. The molecule has 1 N–H and O–H groups in total. The van der Waals surface area contributed by atoms with Gasteiger partial charge in [0.05, 0.1) is 0 Å². The van der Waals surface area contributed by atoms with Crippen molar-refractivity contribution in [3.05, 3.63) is 23.9 Å². The second-order valence-corrected chi connectivity index (χ2v) is 2.23. The predicted molar refractivity (Wildman–Crippen MR) is 46.5 cm³/mol. The maximum absolute atomic E-state index is 10.6. The average Bonchev–Trinajstić information content (AvgIpc) is 2.03. The molecule has 0 saturated carbocycles. The third kappa shape index (κ3) is 2.10. The highest BCUT2D eigenvalue weighted by atomic mass is 16.1. The summed E-state index contributed by atoms with van der Waals surface area (Å²) in [5, 5.41) is 2.53. The number of pyridine rings is 1. The molecule has 1 amide bonds. The highest BCUT2D eigenvalue weighted by Crippen LogP contribution is 2.02. The fraction of sp³-hybridized carbons (Fsp3) is 0.111. The predicted octanol–water partition coefficient (Wildman–Crippen LogP) is 1.02. The standard InChI is InChI=1S/C9H8N2O/c1-3-8-5-4-6-9(11-8)10-7(2)12/h1,4-6H,2H3,(H,10,11,12). The van der Waals surface area contributed by atoms with E-state index in [-0.39, 0.29) is 5.91 Å². The van der Waals surface area contributed by atoms with Crippen LogP contribution in [0.4, 0.5) is 5.82 Å². The molecule has 0 aliphatic rings. The van der Waals surface area contributed by atoms with Crippen LogP contribution in [-0.2, 0) is 4.79 Å². The Bertz CT molecular complexity index is 339. The molecule has 0 bridgehead atoms. The number of anilines is 1. The molecule has 1 aromatic heterocycles. The fourth-order valence-electron chi connectivity index (χ4n) is 0.765. The number of aromatic nitrogens is 1. The number of carbonyl (C=O) groups is 1. The lowest BCUT2D eigenvalue weighted by atomic mass is 10.3. The first-order valence-corrected chi connectivity index (χ1v) is 3.43. The van der Waals surface area contributed by atoms with Crippen LogP contribution in [0.1, 0.15) is 12.6 Å². The largest absolute Gasteiger partial charge is 0.311 e. The molecule has 0 aromatic carbocycles. The number of rotatable bonds is 1. The van der Waals surface area contributed by atoms with E-state index in [9.17, 15) is 4.79 Å². The summed E-state index contributed by atoms with van der Waals surface area (Å²) in [5.74, 6) is 2.71. The number of nitrogens with one attached hydrogen (secondary N) is 1. The SMILES string of the molecule is C#Cc1cccc(NC(C)=O)n1. The molecular weight excluding hydrogens is 152 g/mol. The molecule has 1 heterocycles. The first kappa shape index (κ1) is 8.28. The molecule has 0 unspecified atom stereocenters. The Morgan fingerprint density at radius 3 is 3.00 bits per heavy atom. The summed E-state index contributed by atoms with van der Waals surface area (Å²) < 4.78 is 0. The first-order valence-electron chi connectivity index (χ1n) is 3.43. The van der Waals surface area contributed by atoms with Crippen molar-refractivity contribution in [3.8, 4) is 12.3 Å². The molecular formula is C9H8N2O. The number of carbonyl (C=O) groups excluding carboxylic acids is 1. The molecule has 1 rings (SSSR count). The van der Waals surface area contributed by atoms with Crippen LogP contribution < -0.4 is 5.32 Å². The minimum Gasteiger partial charge on any atom is -0.311 e. The number of nitrogens with zero attached hydrogens (tertiary/aromatic N) is 1. The van der Waals surface area contributed by atoms with E-state index >= 15 is 0 Å². The third-order valence-electron chi connectivity index (χ3n) is 1.20. The topological polar surface area (TPSA) is 42.0 Å². The van der Waals surface area contributed by atoms with Crippen LogP contribution in [0.3, 0.4) is 0 Å². The van der Waals surface area contributed by atoms with Gasteiger partial charge >= 0.3 is 0 Å². The van der Waals surface area contributed by atoms with Crippen molar-refractivity contribution in [2.24, 2.45) is 0 Å². The highest BCUT2D eigenvalue weighted by Gasteiger charge is 1.95. The first-order chi connectivity index (χ1) is 5.72. The van der Waals surface area contributed by atoms with Crippen molar-refractivity contribution in [1.29, 1.82) is 0 Å². The van der Waals surface area contributed by atoms with E-state index in [1.807, 2.05) is 0 Å². The van der Waals surface area contributed by atoms with Gasteiger partial charge in [-0.05, 0) is 12.1 Å². The van der Waals surface area contributed by atoms with Gasteiger partial charge in [0.25, 0.3) is 0 Å². The quantitative estimate of drug-likeness (QED) is 0.623. The second kappa shape index (κ2) is 3.54. The van der Waals surface area contributed by atoms with Gasteiger partial charge in [-0.3, -0.25) is 4.79 Å². The summed E-state index contributed by atoms with van der Waals surface area (Å²) in [5.41, 5.74) is 0.515. The number of hydrogen-bond acceptors (Lipinski definition) is 2. The van der Waals surface area contributed by atoms with Crippen molar-refractivity contribution < 1.29 is 4.79 Å². The van der Waals surface area contributed by atoms with Crippen LogP contribution >= 0.6 is 0 Å². The Kier molecular flexibility index (Phi) is 2.44. The average molecular weight is 160 g/mol. The van der Waals surface area contributed by atoms with E-state index < -0.39 is 0 Å². The Hall–Kier alpha value is -1.82. The van der Waals surface area contributed by atoms with Gasteiger partial charge in [-0.25, -0.2) is 4.98 Å². The van der Waals surface area contributed by atoms with Gasteiger partial charge in [0.2, 0.25) is 5.91 Å². The zero-order valence-corrected chi connectivity index (χ0v) is 6.66.